The van der Waals surface area contributed by atoms with Gasteiger partial charge in [-0.3, -0.25) is 19.8 Å². The molecule has 26 heavy (non-hydrogen) atoms. The Bertz CT molecular complexity index is 620. The molecule has 1 aliphatic heterocycles. The van der Waals surface area contributed by atoms with Gasteiger partial charge in [0.05, 0.1) is 12.5 Å². The fraction of sp³-hybridized carbons (Fsp3) is 0.526. The van der Waals surface area contributed by atoms with E-state index in [1.54, 1.807) is 13.8 Å². The number of hydrogen-bond acceptors (Lipinski definition) is 5. The first-order chi connectivity index (χ1) is 12.6. The van der Waals surface area contributed by atoms with Crippen LogP contribution in [-0.4, -0.2) is 49.0 Å². The van der Waals surface area contributed by atoms with E-state index in [4.69, 9.17) is 4.74 Å². The lowest BCUT2D eigenvalue weighted by Crippen LogP contribution is -2.49. The Hall–Kier alpha value is -2.41. The number of carbonyl (C=O) groups excluding carboxylic acids is 3. The van der Waals surface area contributed by atoms with E-state index in [0.29, 0.717) is 26.2 Å². The Kier molecular flexibility index (Phi) is 7.59. The van der Waals surface area contributed by atoms with E-state index in [1.807, 2.05) is 35.2 Å². The predicted octanol–water partition coefficient (Wildman–Crippen LogP) is 1.85. The third kappa shape index (κ3) is 5.29. The number of nitrogens with one attached hydrogen (secondary N) is 2. The molecule has 0 aliphatic carbocycles. The number of esters is 1. The number of ether oxygens (including phenoxy) is 1. The zero-order valence-corrected chi connectivity index (χ0v) is 15.4. The lowest BCUT2D eigenvalue weighted by atomic mass is 9.94. The van der Waals surface area contributed by atoms with Gasteiger partial charge in [0.25, 0.3) is 0 Å². The molecular formula is C19H27N3O4. The van der Waals surface area contributed by atoms with Crippen LogP contribution >= 0.6 is 0 Å². The minimum Gasteiger partial charge on any atom is -0.466 e. The molecule has 7 nitrogen and oxygen atoms in total. The summed E-state index contributed by atoms with van der Waals surface area (Å²) in [6.07, 6.45) is 1.54. The number of carbonyl (C=O) groups is 3. The van der Waals surface area contributed by atoms with Crippen molar-refractivity contribution in [2.24, 2.45) is 5.92 Å². The highest BCUT2D eigenvalue weighted by atomic mass is 16.5. The average molecular weight is 361 g/mol. The van der Waals surface area contributed by atoms with E-state index in [9.17, 15) is 14.4 Å². The number of benzene rings is 1. The second kappa shape index (κ2) is 9.91. The monoisotopic (exact) mass is 361 g/mol. The summed E-state index contributed by atoms with van der Waals surface area (Å²) < 4.78 is 5.14. The molecule has 1 aromatic rings. The van der Waals surface area contributed by atoms with Gasteiger partial charge in [0.2, 0.25) is 5.91 Å². The molecule has 0 bridgehead atoms. The summed E-state index contributed by atoms with van der Waals surface area (Å²) >= 11 is 0. The summed E-state index contributed by atoms with van der Waals surface area (Å²) in [6, 6.07) is 8.16. The summed E-state index contributed by atoms with van der Waals surface area (Å²) in [5.74, 6) is -0.882. The summed E-state index contributed by atoms with van der Waals surface area (Å²) in [6.45, 7) is 5.46. The molecule has 3 amide bonds. The van der Waals surface area contributed by atoms with Crippen LogP contribution < -0.4 is 10.6 Å². The van der Waals surface area contributed by atoms with Crippen LogP contribution in [0.25, 0.3) is 0 Å². The molecule has 7 heteroatoms. The standard InChI is InChI=1S/C19H27N3O4/c1-3-20-19(25)21-17(23)16(14-9-6-5-7-10-14)22-12-8-11-15(13-22)18(24)26-4-2/h5-7,9-10,15-16H,3-4,8,11-13H2,1-2H3,(H2,20,21,23,25)/t15-,16-/m0/s1. The van der Waals surface area contributed by atoms with Crippen molar-refractivity contribution in [1.29, 1.82) is 0 Å². The molecule has 1 aromatic carbocycles. The van der Waals surface area contributed by atoms with E-state index in [1.165, 1.54) is 0 Å². The summed E-state index contributed by atoms with van der Waals surface area (Å²) in [7, 11) is 0. The second-order valence-electron chi connectivity index (χ2n) is 6.25. The van der Waals surface area contributed by atoms with Crippen LogP contribution in [0.3, 0.4) is 0 Å². The first kappa shape index (κ1) is 19.9. The van der Waals surface area contributed by atoms with Crippen molar-refractivity contribution < 1.29 is 19.1 Å². The van der Waals surface area contributed by atoms with Crippen LogP contribution in [0, 0.1) is 5.92 Å². The van der Waals surface area contributed by atoms with E-state index < -0.39 is 18.0 Å². The molecule has 1 aliphatic rings. The quantitative estimate of drug-likeness (QED) is 0.755. The zero-order valence-electron chi connectivity index (χ0n) is 15.4. The molecule has 0 unspecified atom stereocenters. The first-order valence-electron chi connectivity index (χ1n) is 9.11. The minimum absolute atomic E-state index is 0.229. The Morgan fingerprint density at radius 1 is 1.23 bits per heavy atom. The Balaban J connectivity index is 2.19. The van der Waals surface area contributed by atoms with Gasteiger partial charge >= 0.3 is 12.0 Å². The van der Waals surface area contributed by atoms with Crippen molar-refractivity contribution in [3.63, 3.8) is 0 Å². The molecule has 1 saturated heterocycles. The molecule has 0 radical (unpaired) electrons. The predicted molar refractivity (Wildman–Crippen MR) is 97.3 cm³/mol. The smallest absolute Gasteiger partial charge is 0.321 e. The zero-order chi connectivity index (χ0) is 18.9. The molecule has 2 rings (SSSR count). The summed E-state index contributed by atoms with van der Waals surface area (Å²) in [5.41, 5.74) is 0.791. The number of piperidine rings is 1. The topological polar surface area (TPSA) is 87.7 Å². The maximum atomic E-state index is 12.8. The Morgan fingerprint density at radius 3 is 2.62 bits per heavy atom. The fourth-order valence-corrected chi connectivity index (χ4v) is 3.24. The van der Waals surface area contributed by atoms with Crippen LogP contribution in [0.15, 0.2) is 30.3 Å². The lowest BCUT2D eigenvalue weighted by molar-refractivity contribution is -0.151. The van der Waals surface area contributed by atoms with Crippen LogP contribution in [0.2, 0.25) is 0 Å². The van der Waals surface area contributed by atoms with Crippen LogP contribution in [-0.2, 0) is 14.3 Å². The highest BCUT2D eigenvalue weighted by Gasteiger charge is 2.35. The van der Waals surface area contributed by atoms with Crippen molar-refractivity contribution in [2.75, 3.05) is 26.2 Å². The molecule has 2 atom stereocenters. The summed E-state index contributed by atoms with van der Waals surface area (Å²) in [4.78, 5) is 38.7. The Labute approximate surface area is 154 Å². The molecule has 2 N–H and O–H groups in total. The third-order valence-electron chi connectivity index (χ3n) is 4.38. The molecule has 1 heterocycles. The third-order valence-corrected chi connectivity index (χ3v) is 4.38. The molecule has 1 fully saturated rings. The maximum Gasteiger partial charge on any atom is 0.321 e. The van der Waals surface area contributed by atoms with E-state index in [2.05, 4.69) is 10.6 Å². The van der Waals surface area contributed by atoms with Crippen molar-refractivity contribution >= 4 is 17.9 Å². The van der Waals surface area contributed by atoms with E-state index >= 15 is 0 Å². The molecular weight excluding hydrogens is 334 g/mol. The largest absolute Gasteiger partial charge is 0.466 e. The van der Waals surface area contributed by atoms with Gasteiger partial charge in [0.1, 0.15) is 6.04 Å². The number of amides is 3. The van der Waals surface area contributed by atoms with Gasteiger partial charge in [-0.05, 0) is 38.8 Å². The number of hydrogen-bond donors (Lipinski definition) is 2. The van der Waals surface area contributed by atoms with Gasteiger partial charge in [0, 0.05) is 13.1 Å². The number of likely N-dealkylation sites (tertiary alicyclic amines) is 1. The van der Waals surface area contributed by atoms with Crippen LogP contribution in [0.4, 0.5) is 4.79 Å². The fourth-order valence-electron chi connectivity index (χ4n) is 3.24. The highest BCUT2D eigenvalue weighted by molar-refractivity contribution is 5.97. The SMILES string of the molecule is CCNC(=O)NC(=O)[C@H](c1ccccc1)N1CCC[C@H](C(=O)OCC)C1. The first-order valence-corrected chi connectivity index (χ1v) is 9.11. The van der Waals surface area contributed by atoms with Gasteiger partial charge < -0.3 is 10.1 Å². The van der Waals surface area contributed by atoms with Crippen LogP contribution in [0.5, 0.6) is 0 Å². The van der Waals surface area contributed by atoms with Gasteiger partial charge in [-0.25, -0.2) is 4.79 Å². The number of urea groups is 1. The van der Waals surface area contributed by atoms with E-state index in [0.717, 1.165) is 18.4 Å². The maximum absolute atomic E-state index is 12.8. The number of nitrogens with zero attached hydrogens (tertiary/aromatic N) is 1. The molecule has 0 spiro atoms. The van der Waals surface area contributed by atoms with Crippen molar-refractivity contribution in [1.82, 2.24) is 15.5 Å². The minimum atomic E-state index is -0.629. The van der Waals surface area contributed by atoms with Crippen molar-refractivity contribution in [3.05, 3.63) is 35.9 Å². The van der Waals surface area contributed by atoms with Gasteiger partial charge in [-0.2, -0.15) is 0 Å². The highest BCUT2D eigenvalue weighted by Crippen LogP contribution is 2.28. The molecule has 0 saturated carbocycles. The van der Waals surface area contributed by atoms with Gasteiger partial charge in [0.15, 0.2) is 0 Å². The lowest BCUT2D eigenvalue weighted by Gasteiger charge is -2.36. The van der Waals surface area contributed by atoms with Gasteiger partial charge in [-0.1, -0.05) is 30.3 Å². The molecule has 0 aromatic heterocycles. The number of imide groups is 1. The van der Waals surface area contributed by atoms with Gasteiger partial charge in [-0.15, -0.1) is 0 Å². The Morgan fingerprint density at radius 2 is 1.96 bits per heavy atom. The van der Waals surface area contributed by atoms with E-state index in [-0.39, 0.29) is 11.9 Å². The normalized spacial score (nSPS) is 18.6. The average Bonchev–Trinajstić information content (AvgIpc) is 2.63. The number of rotatable bonds is 6. The van der Waals surface area contributed by atoms with Crippen molar-refractivity contribution in [2.45, 2.75) is 32.7 Å². The van der Waals surface area contributed by atoms with Crippen molar-refractivity contribution in [3.8, 4) is 0 Å². The molecule has 142 valence electrons. The van der Waals surface area contributed by atoms with Crippen LogP contribution in [0.1, 0.15) is 38.3 Å². The second-order valence-corrected chi connectivity index (χ2v) is 6.25. The summed E-state index contributed by atoms with van der Waals surface area (Å²) in [5, 5.41) is 4.97.